The summed E-state index contributed by atoms with van der Waals surface area (Å²) in [6.07, 6.45) is 1.98. The third-order valence-electron chi connectivity index (χ3n) is 32.7. The fourth-order valence-corrected chi connectivity index (χ4v) is 26.8. The van der Waals surface area contributed by atoms with Crippen molar-refractivity contribution in [1.82, 2.24) is 61.4 Å². The molecule has 13 aromatic heterocycles. The van der Waals surface area contributed by atoms with E-state index < -0.39 is 0 Å². The number of hydrogen-bond acceptors (Lipinski definition) is 6. The van der Waals surface area contributed by atoms with Crippen molar-refractivity contribution in [2.75, 3.05) is 0 Å². The van der Waals surface area contributed by atoms with Crippen LogP contribution in [0.2, 0.25) is 0 Å². The molecule has 0 aliphatic heterocycles. The number of para-hydroxylation sites is 9. The minimum Gasteiger partial charge on any atom is -0.308 e. The van der Waals surface area contributed by atoms with Crippen LogP contribution in [0.3, 0.4) is 0 Å². The molecule has 13 heterocycles. The van der Waals surface area contributed by atoms with Gasteiger partial charge in [-0.05, 0) is 158 Å². The Hall–Kier alpha value is -20.3. The highest BCUT2D eigenvalue weighted by Gasteiger charge is 2.34. The van der Waals surface area contributed by atoms with Crippen LogP contribution in [0.15, 0.2) is 455 Å². The van der Waals surface area contributed by atoms with Gasteiger partial charge in [0, 0.05) is 141 Å². The van der Waals surface area contributed by atoms with E-state index in [9.17, 15) is 0 Å². The summed E-state index contributed by atoms with van der Waals surface area (Å²) in [5.74, 6) is 3.95. The van der Waals surface area contributed by atoms with E-state index in [1.807, 2.05) is 24.4 Å². The van der Waals surface area contributed by atoms with E-state index in [-0.39, 0.29) is 0 Å². The average Bonchev–Trinajstić information content (AvgIpc) is 1.54. The average molecular weight is 1890 g/mol. The maximum Gasteiger partial charge on any atom is 0.237 e. The molecule has 0 unspecified atom stereocenters. The largest absolute Gasteiger partial charge is 0.308 e. The second-order valence-electron chi connectivity index (χ2n) is 40.1. The van der Waals surface area contributed by atoms with Gasteiger partial charge in [-0.2, -0.15) is 4.98 Å². The third-order valence-corrected chi connectivity index (χ3v) is 32.7. The van der Waals surface area contributed by atoms with E-state index in [4.69, 9.17) is 29.9 Å². The SMILES string of the molecule is c1cc2c3c(cccc3c1)-c1nc(-n3c4ccc5ccccc5c4c4cc5c6ccccc6n6c7ccccc7c(c43)c56)cnc1-2.c1ccc(-c2nc(-n3c4ccc5ccccc5c4c4cc5c6ccccc6n6c7ccccc7c(c43)c56)c3ccccc3n2)cc1.c1ccc2c(c1)ccc1c2c2ccccc2n1-c1nc(-n2c3ccc4ccccc4c3c3cc4c5ccccc5n5c6ccccc6c(c32)c45)c2ccccc2n1. The molecule has 684 valence electrons. The fraction of sp³-hybridized carbons (Fsp3) is 0. The zero-order valence-corrected chi connectivity index (χ0v) is 79.6. The highest BCUT2D eigenvalue weighted by molar-refractivity contribution is 6.41. The number of nitrogens with zero attached hydrogens (tertiary/aromatic N) is 13. The quantitative estimate of drug-likeness (QED) is 0.170. The second kappa shape index (κ2) is 29.3. The molecule has 0 spiro atoms. The Bertz CT molecular complexity index is 12400. The normalized spacial score (nSPS) is 12.6. The Labute approximate surface area is 845 Å². The van der Waals surface area contributed by atoms with Crippen LogP contribution in [-0.4, -0.2) is 61.4 Å². The molecule has 37 rings (SSSR count). The van der Waals surface area contributed by atoms with Gasteiger partial charge >= 0.3 is 0 Å². The van der Waals surface area contributed by atoms with Crippen molar-refractivity contribution in [2.24, 2.45) is 0 Å². The molecular weight excluding hydrogens is 1820 g/mol. The Morgan fingerprint density at radius 2 is 0.490 bits per heavy atom. The molecule has 0 atom stereocenters. The van der Waals surface area contributed by atoms with Crippen LogP contribution in [0.5, 0.6) is 0 Å². The maximum absolute atomic E-state index is 5.73. The van der Waals surface area contributed by atoms with Gasteiger partial charge in [-0.1, -0.05) is 340 Å². The molecule has 23 aromatic carbocycles. The summed E-state index contributed by atoms with van der Waals surface area (Å²) < 4.78 is 16.9. The van der Waals surface area contributed by atoms with Crippen LogP contribution in [0.4, 0.5) is 0 Å². The Morgan fingerprint density at radius 3 is 0.933 bits per heavy atom. The van der Waals surface area contributed by atoms with Gasteiger partial charge < -0.3 is 13.2 Å². The molecular formula is C136H75N13. The first-order chi connectivity index (χ1) is 74.0. The zero-order chi connectivity index (χ0) is 96.5. The van der Waals surface area contributed by atoms with Gasteiger partial charge in [0.05, 0.1) is 122 Å². The Balaban J connectivity index is 0.0000000944. The minimum atomic E-state index is 0.646. The zero-order valence-electron chi connectivity index (χ0n) is 79.6. The fourth-order valence-electron chi connectivity index (χ4n) is 26.8. The van der Waals surface area contributed by atoms with Crippen LogP contribution >= 0.6 is 0 Å². The van der Waals surface area contributed by atoms with Crippen molar-refractivity contribution >= 4 is 277 Å². The van der Waals surface area contributed by atoms with E-state index in [0.717, 1.165) is 106 Å². The van der Waals surface area contributed by atoms with Gasteiger partial charge in [0.25, 0.3) is 0 Å². The summed E-state index contributed by atoms with van der Waals surface area (Å²) in [6, 6.07) is 162. The summed E-state index contributed by atoms with van der Waals surface area (Å²) >= 11 is 0. The second-order valence-corrected chi connectivity index (χ2v) is 40.1. The molecule has 0 amide bonds. The highest BCUT2D eigenvalue weighted by Crippen LogP contribution is 2.55. The van der Waals surface area contributed by atoms with Gasteiger partial charge in [-0.3, -0.25) is 23.3 Å². The lowest BCUT2D eigenvalue weighted by Gasteiger charge is -2.15. The van der Waals surface area contributed by atoms with E-state index in [1.165, 1.54) is 222 Å². The predicted molar refractivity (Wildman–Crippen MR) is 620 cm³/mol. The van der Waals surface area contributed by atoms with E-state index in [2.05, 4.69) is 462 Å². The molecule has 1 aliphatic rings. The minimum absolute atomic E-state index is 0.646. The summed E-state index contributed by atoms with van der Waals surface area (Å²) in [5, 5.41) is 39.2. The lowest BCUT2D eigenvalue weighted by molar-refractivity contribution is 0.974. The van der Waals surface area contributed by atoms with Gasteiger partial charge in [-0.15, -0.1) is 0 Å². The lowest BCUT2D eigenvalue weighted by atomic mass is 10.0. The monoisotopic (exact) mass is 1890 g/mol. The molecule has 13 heteroatoms. The van der Waals surface area contributed by atoms with Gasteiger partial charge in [-0.25, -0.2) is 19.9 Å². The molecule has 0 bridgehead atoms. The van der Waals surface area contributed by atoms with Crippen LogP contribution in [0.25, 0.3) is 334 Å². The van der Waals surface area contributed by atoms with Crippen LogP contribution in [0.1, 0.15) is 0 Å². The van der Waals surface area contributed by atoms with Crippen molar-refractivity contribution < 1.29 is 0 Å². The Kier molecular flexibility index (Phi) is 15.6. The first-order valence-corrected chi connectivity index (χ1v) is 51.0. The summed E-state index contributed by atoms with van der Waals surface area (Å²) in [4.78, 5) is 32.2. The number of benzene rings is 23. The van der Waals surface area contributed by atoms with Crippen molar-refractivity contribution in [2.45, 2.75) is 0 Å². The van der Waals surface area contributed by atoms with Gasteiger partial charge in [0.1, 0.15) is 5.82 Å². The number of rotatable bonds is 5. The lowest BCUT2D eigenvalue weighted by Crippen LogP contribution is -2.07. The van der Waals surface area contributed by atoms with Crippen molar-refractivity contribution in [3.8, 4) is 57.3 Å². The van der Waals surface area contributed by atoms with Crippen LogP contribution in [-0.2, 0) is 0 Å². The van der Waals surface area contributed by atoms with E-state index >= 15 is 0 Å². The molecule has 0 saturated carbocycles. The van der Waals surface area contributed by atoms with Crippen molar-refractivity contribution in [1.29, 1.82) is 0 Å². The first-order valence-electron chi connectivity index (χ1n) is 51.0. The molecule has 36 aromatic rings. The predicted octanol–water partition coefficient (Wildman–Crippen LogP) is 34.7. The number of hydrogen-bond donors (Lipinski definition) is 0. The highest BCUT2D eigenvalue weighted by atomic mass is 15.2. The molecule has 0 N–H and O–H groups in total. The molecule has 13 nitrogen and oxygen atoms in total. The summed E-state index contributed by atoms with van der Waals surface area (Å²) in [7, 11) is 0. The van der Waals surface area contributed by atoms with E-state index in [0.29, 0.717) is 5.95 Å². The van der Waals surface area contributed by atoms with Crippen LogP contribution in [0, 0.1) is 0 Å². The maximum atomic E-state index is 5.73. The molecule has 0 radical (unpaired) electrons. The summed E-state index contributed by atoms with van der Waals surface area (Å²) in [5.41, 5.74) is 27.2. The van der Waals surface area contributed by atoms with Crippen molar-refractivity contribution in [3.05, 3.63) is 455 Å². The third kappa shape index (κ3) is 10.4. The topological polar surface area (TPSA) is 110 Å². The molecule has 1 aliphatic carbocycles. The van der Waals surface area contributed by atoms with E-state index in [1.54, 1.807) is 0 Å². The smallest absolute Gasteiger partial charge is 0.237 e. The molecule has 149 heavy (non-hydrogen) atoms. The Morgan fingerprint density at radius 1 is 0.168 bits per heavy atom. The number of fused-ring (bicyclic) bond motifs is 46. The van der Waals surface area contributed by atoms with Crippen molar-refractivity contribution in [3.63, 3.8) is 0 Å². The molecule has 0 fully saturated rings. The first kappa shape index (κ1) is 79.3. The van der Waals surface area contributed by atoms with Crippen LogP contribution < -0.4 is 0 Å². The van der Waals surface area contributed by atoms with Gasteiger partial charge in [0.2, 0.25) is 5.95 Å². The number of aromatic nitrogens is 13. The standard InChI is InChI=1S/C52H29N5.C42H22N4.C42H24N4/c1-3-15-32-30(13-1)25-27-44-46(32)36-19-7-12-24-43(36)56(44)52-53-40-21-9-5-18-35(40)51(54-52)57-45-28-26-31-14-2-4-16-33(31)47(45)39-29-38-34-17-6-10-22-41(34)55-42-23-11-8-20-37(42)48(49(38)55)50(39)57;1-2-12-25-23(9-1)19-20-34-37(25)31-21-30-26-13-3-5-17-32(26)45-33-18-6-4-14-27(33)38(41(30)45)42(31)46(34)35-22-43-39-28-15-7-10-24-11-8-16-29(36(24)28)40(39)44-35;1-2-13-26(14-3-1)41-43-33-19-9-6-17-29(33)42(44-41)46-36-23-22-25-12-4-5-15-27(25)37(36)32-24-31-28-16-7-10-20-34(28)45-35-21-11-8-18-30(35)38(39(31)45)40(32)46/h1-29H;1-22H;1-24H. The molecule has 0 saturated heterocycles. The summed E-state index contributed by atoms with van der Waals surface area (Å²) in [6.45, 7) is 0. The van der Waals surface area contributed by atoms with Gasteiger partial charge in [0.15, 0.2) is 17.5 Å².